The minimum Gasteiger partial charge on any atom is -0.305 e. The molecular formula is C17H12ClF2N3O. The lowest BCUT2D eigenvalue weighted by molar-refractivity contribution is 0.102. The number of carbonyl (C=O) groups excluding carboxylic acids is 1. The summed E-state index contributed by atoms with van der Waals surface area (Å²) in [5.74, 6) is -1.97. The van der Waals surface area contributed by atoms with Gasteiger partial charge in [0.2, 0.25) is 0 Å². The lowest BCUT2D eigenvalue weighted by atomic mass is 10.2. The van der Waals surface area contributed by atoms with Gasteiger partial charge < -0.3 is 5.32 Å². The van der Waals surface area contributed by atoms with Gasteiger partial charge in [0.15, 0.2) is 5.82 Å². The fourth-order valence-corrected chi connectivity index (χ4v) is 2.29. The highest BCUT2D eigenvalue weighted by Crippen LogP contribution is 2.13. The molecule has 0 aliphatic rings. The molecular weight excluding hydrogens is 336 g/mol. The van der Waals surface area contributed by atoms with Crippen LogP contribution < -0.4 is 5.32 Å². The highest BCUT2D eigenvalue weighted by molar-refractivity contribution is 6.30. The fourth-order valence-electron chi connectivity index (χ4n) is 2.17. The Kier molecular flexibility index (Phi) is 4.57. The first-order valence-electron chi connectivity index (χ1n) is 7.05. The zero-order valence-electron chi connectivity index (χ0n) is 12.3. The van der Waals surface area contributed by atoms with E-state index >= 15 is 0 Å². The van der Waals surface area contributed by atoms with Gasteiger partial charge in [-0.25, -0.2) is 8.78 Å². The summed E-state index contributed by atoms with van der Waals surface area (Å²) < 4.78 is 27.9. The number of rotatable bonds is 4. The minimum atomic E-state index is -0.812. The van der Waals surface area contributed by atoms with E-state index in [1.165, 1.54) is 0 Å². The summed E-state index contributed by atoms with van der Waals surface area (Å²) in [5.41, 5.74) is 0.882. The number of amides is 1. The molecule has 122 valence electrons. The topological polar surface area (TPSA) is 46.9 Å². The SMILES string of the molecule is O=C(Nc1ccn(Cc2ccc(Cl)cc2)n1)c1cc(F)cc(F)c1. The molecule has 1 N–H and O–H groups in total. The first-order chi connectivity index (χ1) is 11.5. The van der Waals surface area contributed by atoms with E-state index in [2.05, 4.69) is 10.4 Å². The number of aromatic nitrogens is 2. The van der Waals surface area contributed by atoms with Crippen LogP contribution in [-0.2, 0) is 6.54 Å². The van der Waals surface area contributed by atoms with Crippen molar-refractivity contribution in [2.24, 2.45) is 0 Å². The number of anilines is 1. The van der Waals surface area contributed by atoms with Crippen LogP contribution in [0.4, 0.5) is 14.6 Å². The second-order valence-corrected chi connectivity index (χ2v) is 5.57. The lowest BCUT2D eigenvalue weighted by Gasteiger charge is -2.04. The highest BCUT2D eigenvalue weighted by Gasteiger charge is 2.11. The molecule has 4 nitrogen and oxygen atoms in total. The molecule has 0 unspecified atom stereocenters. The van der Waals surface area contributed by atoms with Crippen LogP contribution in [0.1, 0.15) is 15.9 Å². The van der Waals surface area contributed by atoms with Gasteiger partial charge in [0.05, 0.1) is 6.54 Å². The molecule has 3 rings (SSSR count). The van der Waals surface area contributed by atoms with Crippen molar-refractivity contribution in [1.29, 1.82) is 0 Å². The predicted octanol–water partition coefficient (Wildman–Crippen LogP) is 4.12. The maximum absolute atomic E-state index is 13.2. The number of nitrogens with one attached hydrogen (secondary N) is 1. The van der Waals surface area contributed by atoms with E-state index in [1.807, 2.05) is 12.1 Å². The molecule has 0 radical (unpaired) electrons. The lowest BCUT2D eigenvalue weighted by Crippen LogP contribution is -2.13. The third-order valence-electron chi connectivity index (χ3n) is 3.26. The van der Waals surface area contributed by atoms with Crippen molar-refractivity contribution in [2.75, 3.05) is 5.32 Å². The Morgan fingerprint density at radius 3 is 2.42 bits per heavy atom. The molecule has 1 aromatic heterocycles. The van der Waals surface area contributed by atoms with Crippen LogP contribution in [0.15, 0.2) is 54.7 Å². The van der Waals surface area contributed by atoms with Crippen molar-refractivity contribution in [3.05, 3.63) is 82.5 Å². The highest BCUT2D eigenvalue weighted by atomic mass is 35.5. The van der Waals surface area contributed by atoms with Crippen LogP contribution >= 0.6 is 11.6 Å². The van der Waals surface area contributed by atoms with Gasteiger partial charge in [0.25, 0.3) is 5.91 Å². The van der Waals surface area contributed by atoms with Crippen LogP contribution in [0, 0.1) is 11.6 Å². The molecule has 0 saturated heterocycles. The summed E-state index contributed by atoms with van der Waals surface area (Å²) in [5, 5.41) is 7.35. The van der Waals surface area contributed by atoms with Gasteiger partial charge in [-0.3, -0.25) is 9.48 Å². The molecule has 0 atom stereocenters. The van der Waals surface area contributed by atoms with Crippen molar-refractivity contribution < 1.29 is 13.6 Å². The number of benzene rings is 2. The maximum Gasteiger partial charge on any atom is 0.257 e. The smallest absolute Gasteiger partial charge is 0.257 e. The van der Waals surface area contributed by atoms with E-state index in [-0.39, 0.29) is 5.56 Å². The number of hydrogen-bond donors (Lipinski definition) is 1. The van der Waals surface area contributed by atoms with Crippen LogP contribution in [-0.4, -0.2) is 15.7 Å². The second kappa shape index (κ2) is 6.80. The molecule has 0 saturated carbocycles. The normalized spacial score (nSPS) is 10.6. The average Bonchev–Trinajstić information content (AvgIpc) is 2.95. The van der Waals surface area contributed by atoms with Crippen molar-refractivity contribution >= 4 is 23.3 Å². The van der Waals surface area contributed by atoms with Gasteiger partial charge in [-0.1, -0.05) is 23.7 Å². The fraction of sp³-hybridized carbons (Fsp3) is 0.0588. The second-order valence-electron chi connectivity index (χ2n) is 5.14. The quantitative estimate of drug-likeness (QED) is 0.772. The van der Waals surface area contributed by atoms with E-state index in [0.717, 1.165) is 17.7 Å². The Bertz CT molecular complexity index is 858. The van der Waals surface area contributed by atoms with E-state index in [9.17, 15) is 13.6 Å². The first kappa shape index (κ1) is 16.1. The summed E-state index contributed by atoms with van der Waals surface area (Å²) in [6.45, 7) is 0.502. The largest absolute Gasteiger partial charge is 0.305 e. The van der Waals surface area contributed by atoms with Gasteiger partial charge in [-0.05, 0) is 29.8 Å². The van der Waals surface area contributed by atoms with Crippen LogP contribution in [0.3, 0.4) is 0 Å². The third-order valence-corrected chi connectivity index (χ3v) is 3.52. The summed E-state index contributed by atoms with van der Waals surface area (Å²) in [7, 11) is 0. The molecule has 0 aliphatic heterocycles. The monoisotopic (exact) mass is 347 g/mol. The van der Waals surface area contributed by atoms with Crippen molar-refractivity contribution in [3.63, 3.8) is 0 Å². The number of halogens is 3. The van der Waals surface area contributed by atoms with Gasteiger partial charge in [-0.2, -0.15) is 5.10 Å². The third kappa shape index (κ3) is 3.97. The minimum absolute atomic E-state index is 0.111. The van der Waals surface area contributed by atoms with Gasteiger partial charge in [0, 0.05) is 28.9 Å². The van der Waals surface area contributed by atoms with Crippen molar-refractivity contribution in [2.45, 2.75) is 6.54 Å². The van der Waals surface area contributed by atoms with E-state index in [1.54, 1.807) is 29.1 Å². The molecule has 7 heteroatoms. The summed E-state index contributed by atoms with van der Waals surface area (Å²) >= 11 is 5.83. The Morgan fingerprint density at radius 1 is 1.08 bits per heavy atom. The number of carbonyl (C=O) groups is 1. The number of hydrogen-bond acceptors (Lipinski definition) is 2. The predicted molar refractivity (Wildman–Crippen MR) is 87.1 cm³/mol. The Morgan fingerprint density at radius 2 is 1.75 bits per heavy atom. The number of nitrogens with zero attached hydrogens (tertiary/aromatic N) is 2. The standard InChI is InChI=1S/C17H12ClF2N3O/c18-13-3-1-11(2-4-13)10-23-6-5-16(22-23)21-17(24)12-7-14(19)9-15(20)8-12/h1-9H,10H2,(H,21,22,24). The van der Waals surface area contributed by atoms with Gasteiger partial charge >= 0.3 is 0 Å². The summed E-state index contributed by atoms with van der Waals surface area (Å²) in [6.07, 6.45) is 1.69. The molecule has 0 fully saturated rings. The van der Waals surface area contributed by atoms with Crippen molar-refractivity contribution in [1.82, 2.24) is 9.78 Å². The molecule has 2 aromatic carbocycles. The average molecular weight is 348 g/mol. The zero-order valence-corrected chi connectivity index (χ0v) is 13.1. The maximum atomic E-state index is 13.2. The Hall–Kier alpha value is -2.73. The molecule has 0 aliphatic carbocycles. The molecule has 1 amide bonds. The van der Waals surface area contributed by atoms with Crippen molar-refractivity contribution in [3.8, 4) is 0 Å². The van der Waals surface area contributed by atoms with E-state index in [0.29, 0.717) is 23.5 Å². The van der Waals surface area contributed by atoms with Crippen LogP contribution in [0.2, 0.25) is 5.02 Å². The molecule has 24 heavy (non-hydrogen) atoms. The Balaban J connectivity index is 1.69. The van der Waals surface area contributed by atoms with E-state index < -0.39 is 17.5 Å². The first-order valence-corrected chi connectivity index (χ1v) is 7.43. The summed E-state index contributed by atoms with van der Waals surface area (Å²) in [4.78, 5) is 12.0. The zero-order chi connectivity index (χ0) is 17.1. The Labute approximate surface area is 141 Å². The van der Waals surface area contributed by atoms with Gasteiger partial charge in [-0.15, -0.1) is 0 Å². The van der Waals surface area contributed by atoms with Crippen LogP contribution in [0.25, 0.3) is 0 Å². The molecule has 0 spiro atoms. The molecule has 1 heterocycles. The van der Waals surface area contributed by atoms with Crippen LogP contribution in [0.5, 0.6) is 0 Å². The molecule has 0 bridgehead atoms. The summed E-state index contributed by atoms with van der Waals surface area (Å²) in [6, 6.07) is 11.5. The van der Waals surface area contributed by atoms with E-state index in [4.69, 9.17) is 11.6 Å². The molecule has 3 aromatic rings. The van der Waals surface area contributed by atoms with Gasteiger partial charge in [0.1, 0.15) is 11.6 Å².